The zero-order valence-electron chi connectivity index (χ0n) is 10.2. The quantitative estimate of drug-likeness (QED) is 0.825. The molecule has 0 saturated carbocycles. The number of halogens is 2. The summed E-state index contributed by atoms with van der Waals surface area (Å²) in [6.07, 6.45) is 1.05. The highest BCUT2D eigenvalue weighted by Gasteiger charge is 2.12. The molecule has 0 aliphatic carbocycles. The number of hydrogen-bond acceptors (Lipinski definition) is 1. The number of benzene rings is 2. The molecule has 0 heterocycles. The van der Waals surface area contributed by atoms with Crippen molar-refractivity contribution >= 4 is 31.9 Å². The molecule has 0 amide bonds. The summed E-state index contributed by atoms with van der Waals surface area (Å²) in [6.45, 7) is 2.15. The Balaban J connectivity index is 2.34. The molecule has 1 unspecified atom stereocenters. The van der Waals surface area contributed by atoms with Gasteiger partial charge in [0.05, 0.1) is 6.04 Å². The monoisotopic (exact) mass is 367 g/mol. The summed E-state index contributed by atoms with van der Waals surface area (Å²) in [4.78, 5) is 0. The predicted octanol–water partition coefficient (Wildman–Crippen LogP) is 4.82. The summed E-state index contributed by atoms with van der Waals surface area (Å²) in [5.74, 6) is 0. The number of rotatable bonds is 3. The molecule has 3 heteroatoms. The minimum Gasteiger partial charge on any atom is -0.320 e. The lowest BCUT2D eigenvalue weighted by atomic mass is 9.98. The Kier molecular flexibility index (Phi) is 4.60. The average Bonchev–Trinajstić information content (AvgIpc) is 2.41. The van der Waals surface area contributed by atoms with Crippen molar-refractivity contribution in [1.29, 1.82) is 0 Å². The fraction of sp³-hybridized carbons (Fsp3) is 0.200. The largest absolute Gasteiger partial charge is 0.320 e. The lowest BCUT2D eigenvalue weighted by molar-refractivity contribution is 0.863. The highest BCUT2D eigenvalue weighted by molar-refractivity contribution is 9.11. The molecule has 2 aromatic rings. The number of hydrogen-bond donors (Lipinski definition) is 1. The van der Waals surface area contributed by atoms with Crippen LogP contribution in [0.25, 0.3) is 0 Å². The van der Waals surface area contributed by atoms with Gasteiger partial charge < -0.3 is 5.73 Å². The fourth-order valence-electron chi connectivity index (χ4n) is 1.89. The minimum atomic E-state index is -0.109. The van der Waals surface area contributed by atoms with Crippen molar-refractivity contribution in [3.8, 4) is 0 Å². The van der Waals surface area contributed by atoms with E-state index in [0.29, 0.717) is 0 Å². The Bertz CT molecular complexity index is 535. The van der Waals surface area contributed by atoms with E-state index in [0.717, 1.165) is 26.5 Å². The summed E-state index contributed by atoms with van der Waals surface area (Å²) in [5.41, 5.74) is 9.88. The number of nitrogens with two attached hydrogens (primary N) is 1. The second-order valence-electron chi connectivity index (χ2n) is 4.24. The van der Waals surface area contributed by atoms with Crippen LogP contribution in [0.1, 0.15) is 29.7 Å². The fourth-order valence-corrected chi connectivity index (χ4v) is 2.77. The maximum Gasteiger partial charge on any atom is 0.0563 e. The molecule has 0 bridgehead atoms. The highest BCUT2D eigenvalue weighted by atomic mass is 79.9. The summed E-state index contributed by atoms with van der Waals surface area (Å²) < 4.78 is 2.08. The SMILES string of the molecule is CCc1ccc(C(N)c2cc(Br)ccc2Br)cc1. The predicted molar refractivity (Wildman–Crippen MR) is 83.7 cm³/mol. The molecule has 0 aliphatic heterocycles. The molecule has 18 heavy (non-hydrogen) atoms. The van der Waals surface area contributed by atoms with E-state index in [1.165, 1.54) is 5.56 Å². The van der Waals surface area contributed by atoms with Gasteiger partial charge in [-0.2, -0.15) is 0 Å². The van der Waals surface area contributed by atoms with E-state index in [-0.39, 0.29) is 6.04 Å². The Morgan fingerprint density at radius 3 is 2.33 bits per heavy atom. The van der Waals surface area contributed by atoms with E-state index >= 15 is 0 Å². The maximum atomic E-state index is 6.33. The topological polar surface area (TPSA) is 26.0 Å². The van der Waals surface area contributed by atoms with E-state index in [9.17, 15) is 0 Å². The first-order valence-electron chi connectivity index (χ1n) is 5.91. The van der Waals surface area contributed by atoms with Gasteiger partial charge in [0.25, 0.3) is 0 Å². The molecule has 94 valence electrons. The molecule has 0 aliphatic rings. The van der Waals surface area contributed by atoms with Gasteiger partial charge in [-0.15, -0.1) is 0 Å². The van der Waals surface area contributed by atoms with Crippen LogP contribution < -0.4 is 5.73 Å². The molecule has 1 nitrogen and oxygen atoms in total. The standard InChI is InChI=1S/C15H15Br2N/c1-2-10-3-5-11(6-4-10)15(18)13-9-12(16)7-8-14(13)17/h3-9,15H,2,18H2,1H3. The van der Waals surface area contributed by atoms with Crippen LogP contribution in [0.15, 0.2) is 51.4 Å². The molecule has 2 N–H and O–H groups in total. The van der Waals surface area contributed by atoms with Crippen LogP contribution in [-0.2, 0) is 6.42 Å². The van der Waals surface area contributed by atoms with Gasteiger partial charge in [-0.1, -0.05) is 63.0 Å². The molecule has 0 fully saturated rings. The van der Waals surface area contributed by atoms with E-state index in [2.05, 4.69) is 69.1 Å². The van der Waals surface area contributed by atoms with E-state index in [1.54, 1.807) is 0 Å². The normalized spacial score (nSPS) is 12.4. The molecule has 1 atom stereocenters. The van der Waals surface area contributed by atoms with Crippen molar-refractivity contribution in [3.05, 3.63) is 68.1 Å². The van der Waals surface area contributed by atoms with Crippen molar-refractivity contribution in [2.24, 2.45) is 5.73 Å². The van der Waals surface area contributed by atoms with Crippen LogP contribution in [-0.4, -0.2) is 0 Å². The van der Waals surface area contributed by atoms with E-state index in [4.69, 9.17) is 5.73 Å². The molecular weight excluding hydrogens is 354 g/mol. The Morgan fingerprint density at radius 1 is 1.06 bits per heavy atom. The van der Waals surface area contributed by atoms with Gasteiger partial charge in [-0.05, 0) is 41.3 Å². The molecule has 2 aromatic carbocycles. The van der Waals surface area contributed by atoms with Gasteiger partial charge in [-0.3, -0.25) is 0 Å². The Hall–Kier alpha value is -0.640. The molecule has 0 aromatic heterocycles. The zero-order chi connectivity index (χ0) is 13.1. The van der Waals surface area contributed by atoms with E-state index in [1.807, 2.05) is 12.1 Å². The summed E-state index contributed by atoms with van der Waals surface area (Å²) in [5, 5.41) is 0. The Labute approximate surface area is 125 Å². The van der Waals surface area contributed by atoms with Crippen molar-refractivity contribution in [2.45, 2.75) is 19.4 Å². The molecule has 2 rings (SSSR count). The summed E-state index contributed by atoms with van der Waals surface area (Å²) in [6, 6.07) is 14.5. The molecule has 0 spiro atoms. The van der Waals surface area contributed by atoms with Crippen LogP contribution in [0.5, 0.6) is 0 Å². The van der Waals surface area contributed by atoms with Crippen molar-refractivity contribution in [1.82, 2.24) is 0 Å². The molecule has 0 radical (unpaired) electrons. The van der Waals surface area contributed by atoms with Crippen LogP contribution in [0.2, 0.25) is 0 Å². The lowest BCUT2D eigenvalue weighted by Gasteiger charge is -2.15. The van der Waals surface area contributed by atoms with Gasteiger partial charge in [0.2, 0.25) is 0 Å². The first-order chi connectivity index (χ1) is 8.61. The number of aryl methyl sites for hydroxylation is 1. The van der Waals surface area contributed by atoms with Gasteiger partial charge in [0.1, 0.15) is 0 Å². The Morgan fingerprint density at radius 2 is 1.72 bits per heavy atom. The molecular formula is C15H15Br2N. The van der Waals surface area contributed by atoms with Crippen LogP contribution in [0, 0.1) is 0 Å². The van der Waals surface area contributed by atoms with Gasteiger partial charge in [-0.25, -0.2) is 0 Å². The van der Waals surface area contributed by atoms with Gasteiger partial charge in [0, 0.05) is 8.95 Å². The van der Waals surface area contributed by atoms with Gasteiger partial charge in [0.15, 0.2) is 0 Å². The van der Waals surface area contributed by atoms with Gasteiger partial charge >= 0.3 is 0 Å². The third-order valence-electron chi connectivity index (χ3n) is 3.04. The van der Waals surface area contributed by atoms with Crippen molar-refractivity contribution < 1.29 is 0 Å². The second-order valence-corrected chi connectivity index (χ2v) is 6.01. The summed E-state index contributed by atoms with van der Waals surface area (Å²) >= 11 is 7.04. The van der Waals surface area contributed by atoms with Crippen LogP contribution in [0.4, 0.5) is 0 Å². The van der Waals surface area contributed by atoms with Crippen LogP contribution in [0.3, 0.4) is 0 Å². The van der Waals surface area contributed by atoms with Crippen molar-refractivity contribution in [3.63, 3.8) is 0 Å². The maximum absolute atomic E-state index is 6.33. The summed E-state index contributed by atoms with van der Waals surface area (Å²) in [7, 11) is 0. The first-order valence-corrected chi connectivity index (χ1v) is 7.49. The zero-order valence-corrected chi connectivity index (χ0v) is 13.3. The third-order valence-corrected chi connectivity index (χ3v) is 4.26. The smallest absolute Gasteiger partial charge is 0.0563 e. The first kappa shape index (κ1) is 13.8. The lowest BCUT2D eigenvalue weighted by Crippen LogP contribution is -2.12. The van der Waals surface area contributed by atoms with Crippen molar-refractivity contribution in [2.75, 3.05) is 0 Å². The van der Waals surface area contributed by atoms with E-state index < -0.39 is 0 Å². The highest BCUT2D eigenvalue weighted by Crippen LogP contribution is 2.29. The second kappa shape index (κ2) is 6.00. The van der Waals surface area contributed by atoms with Crippen LogP contribution >= 0.6 is 31.9 Å². The molecule has 0 saturated heterocycles. The average molecular weight is 369 g/mol. The minimum absolute atomic E-state index is 0.109. The third kappa shape index (κ3) is 3.02.